The fraction of sp³-hybridized carbons (Fsp3) is 0.538. The molecule has 17 heavy (non-hydrogen) atoms. The first-order valence-corrected chi connectivity index (χ1v) is 6.87. The predicted octanol–water partition coefficient (Wildman–Crippen LogP) is 2.37. The van der Waals surface area contributed by atoms with E-state index in [1.54, 1.807) is 12.1 Å². The van der Waals surface area contributed by atoms with E-state index in [1.807, 2.05) is 13.0 Å². The normalized spacial score (nSPS) is 25.4. The molecular weight excluding hydrogens is 237 g/mol. The molecule has 94 valence electrons. The Balaban J connectivity index is 1.76. The highest BCUT2D eigenvalue weighted by molar-refractivity contribution is 7.99. The summed E-state index contributed by atoms with van der Waals surface area (Å²) in [5.41, 5.74) is -0.539. The van der Waals surface area contributed by atoms with Crippen LogP contribution in [0, 0.1) is 5.82 Å². The van der Waals surface area contributed by atoms with Gasteiger partial charge in [0.15, 0.2) is 0 Å². The fourth-order valence-electron chi connectivity index (χ4n) is 2.08. The molecule has 0 aromatic heterocycles. The topological polar surface area (TPSA) is 23.5 Å². The van der Waals surface area contributed by atoms with Gasteiger partial charge in [-0.15, -0.1) is 11.8 Å². The minimum atomic E-state index is -0.539. The van der Waals surface area contributed by atoms with E-state index in [2.05, 4.69) is 4.90 Å². The number of rotatable bonds is 4. The van der Waals surface area contributed by atoms with Crippen LogP contribution < -0.4 is 0 Å². The SMILES string of the molecule is CC1(O)CCN(CCSc2ccccc2F)C1. The number of likely N-dealkylation sites (tertiary alicyclic amines) is 1. The minimum Gasteiger partial charge on any atom is -0.389 e. The van der Waals surface area contributed by atoms with Gasteiger partial charge in [-0.25, -0.2) is 4.39 Å². The Morgan fingerprint density at radius 1 is 1.47 bits per heavy atom. The lowest BCUT2D eigenvalue weighted by atomic mass is 10.1. The van der Waals surface area contributed by atoms with Crippen LogP contribution >= 0.6 is 11.8 Å². The molecule has 0 saturated carbocycles. The summed E-state index contributed by atoms with van der Waals surface area (Å²) in [6.45, 7) is 4.43. The smallest absolute Gasteiger partial charge is 0.136 e. The molecule has 0 amide bonds. The van der Waals surface area contributed by atoms with E-state index in [0.29, 0.717) is 4.90 Å². The van der Waals surface area contributed by atoms with Crippen LogP contribution in [0.3, 0.4) is 0 Å². The third-order valence-corrected chi connectivity index (χ3v) is 4.06. The summed E-state index contributed by atoms with van der Waals surface area (Å²) in [4.78, 5) is 2.94. The van der Waals surface area contributed by atoms with Gasteiger partial charge in [-0.1, -0.05) is 12.1 Å². The van der Waals surface area contributed by atoms with Gasteiger partial charge in [0.1, 0.15) is 5.82 Å². The molecular formula is C13H18FNOS. The molecule has 1 N–H and O–H groups in total. The maximum Gasteiger partial charge on any atom is 0.136 e. The Morgan fingerprint density at radius 2 is 2.24 bits per heavy atom. The van der Waals surface area contributed by atoms with Crippen LogP contribution in [0.5, 0.6) is 0 Å². The molecule has 1 aromatic carbocycles. The second-order valence-electron chi connectivity index (χ2n) is 4.80. The van der Waals surface area contributed by atoms with Gasteiger partial charge in [0.25, 0.3) is 0 Å². The van der Waals surface area contributed by atoms with Crippen LogP contribution in [0.2, 0.25) is 0 Å². The predicted molar refractivity (Wildman–Crippen MR) is 68.8 cm³/mol. The molecule has 0 aliphatic carbocycles. The quantitative estimate of drug-likeness (QED) is 0.836. The number of hydrogen-bond donors (Lipinski definition) is 1. The van der Waals surface area contributed by atoms with Gasteiger partial charge in [-0.05, 0) is 25.5 Å². The van der Waals surface area contributed by atoms with Gasteiger partial charge in [0.05, 0.1) is 5.60 Å². The van der Waals surface area contributed by atoms with Crippen LogP contribution in [0.1, 0.15) is 13.3 Å². The Labute approximate surface area is 106 Å². The molecule has 0 radical (unpaired) electrons. The van der Waals surface area contributed by atoms with Crippen LogP contribution in [-0.4, -0.2) is 41.0 Å². The Morgan fingerprint density at radius 3 is 2.88 bits per heavy atom. The number of nitrogens with zero attached hydrogens (tertiary/aromatic N) is 1. The molecule has 0 bridgehead atoms. The van der Waals surface area contributed by atoms with Gasteiger partial charge < -0.3 is 5.11 Å². The lowest BCUT2D eigenvalue weighted by Gasteiger charge is -2.18. The second kappa shape index (κ2) is 5.38. The first kappa shape index (κ1) is 12.9. The standard InChI is InChI=1S/C13H18FNOS/c1-13(16)6-7-15(10-13)8-9-17-12-5-3-2-4-11(12)14/h2-5,16H,6-10H2,1H3. The van der Waals surface area contributed by atoms with Crippen LogP contribution in [0.15, 0.2) is 29.2 Å². The first-order valence-electron chi connectivity index (χ1n) is 5.89. The van der Waals surface area contributed by atoms with E-state index in [4.69, 9.17) is 0 Å². The van der Waals surface area contributed by atoms with Crippen molar-refractivity contribution < 1.29 is 9.50 Å². The zero-order chi connectivity index (χ0) is 12.3. The molecule has 1 saturated heterocycles. The lowest BCUT2D eigenvalue weighted by molar-refractivity contribution is 0.0696. The van der Waals surface area contributed by atoms with Crippen molar-refractivity contribution in [2.24, 2.45) is 0 Å². The number of thioether (sulfide) groups is 1. The molecule has 1 fully saturated rings. The number of halogens is 1. The summed E-state index contributed by atoms with van der Waals surface area (Å²) in [5.74, 6) is 0.711. The number of β-amino-alcohol motifs (C(OH)–C–C–N with tert-alkyl or cyclic N) is 1. The number of benzene rings is 1. The summed E-state index contributed by atoms with van der Waals surface area (Å²) in [6, 6.07) is 6.85. The minimum absolute atomic E-state index is 0.147. The highest BCUT2D eigenvalue weighted by Gasteiger charge is 2.30. The molecule has 1 heterocycles. The molecule has 0 spiro atoms. The zero-order valence-corrected chi connectivity index (χ0v) is 10.8. The van der Waals surface area contributed by atoms with Crippen LogP contribution in [0.25, 0.3) is 0 Å². The molecule has 1 atom stereocenters. The molecule has 1 aromatic rings. The Hall–Kier alpha value is -0.580. The largest absolute Gasteiger partial charge is 0.389 e. The second-order valence-corrected chi connectivity index (χ2v) is 5.94. The molecule has 2 nitrogen and oxygen atoms in total. The van der Waals surface area contributed by atoms with Gasteiger partial charge in [0, 0.05) is 30.3 Å². The van der Waals surface area contributed by atoms with Crippen molar-refractivity contribution in [2.75, 3.05) is 25.4 Å². The average molecular weight is 255 g/mol. The van der Waals surface area contributed by atoms with Crippen molar-refractivity contribution in [3.63, 3.8) is 0 Å². The molecule has 1 aliphatic heterocycles. The Bertz CT molecular complexity index is 383. The lowest BCUT2D eigenvalue weighted by Crippen LogP contribution is -2.30. The van der Waals surface area contributed by atoms with Crippen molar-refractivity contribution in [3.05, 3.63) is 30.1 Å². The monoisotopic (exact) mass is 255 g/mol. The van der Waals surface area contributed by atoms with E-state index in [9.17, 15) is 9.50 Å². The molecule has 1 unspecified atom stereocenters. The third-order valence-electron chi connectivity index (χ3n) is 3.03. The molecule has 2 rings (SSSR count). The maximum atomic E-state index is 13.3. The van der Waals surface area contributed by atoms with Crippen LogP contribution in [0.4, 0.5) is 4.39 Å². The van der Waals surface area contributed by atoms with Crippen molar-refractivity contribution in [1.82, 2.24) is 4.90 Å². The fourth-order valence-corrected chi connectivity index (χ4v) is 3.03. The van der Waals surface area contributed by atoms with Crippen molar-refractivity contribution >= 4 is 11.8 Å². The summed E-state index contributed by atoms with van der Waals surface area (Å²) in [6.07, 6.45) is 0.831. The van der Waals surface area contributed by atoms with Crippen molar-refractivity contribution in [3.8, 4) is 0 Å². The summed E-state index contributed by atoms with van der Waals surface area (Å²) >= 11 is 1.54. The van der Waals surface area contributed by atoms with E-state index in [0.717, 1.165) is 31.8 Å². The average Bonchev–Trinajstić information content (AvgIpc) is 2.61. The van der Waals surface area contributed by atoms with Gasteiger partial charge >= 0.3 is 0 Å². The summed E-state index contributed by atoms with van der Waals surface area (Å²) < 4.78 is 13.3. The molecule has 1 aliphatic rings. The summed E-state index contributed by atoms with van der Waals surface area (Å²) in [7, 11) is 0. The number of hydrogen-bond acceptors (Lipinski definition) is 3. The van der Waals surface area contributed by atoms with E-state index < -0.39 is 5.60 Å². The maximum absolute atomic E-state index is 13.3. The first-order chi connectivity index (χ1) is 8.07. The van der Waals surface area contributed by atoms with E-state index in [1.165, 1.54) is 17.8 Å². The third kappa shape index (κ3) is 3.69. The van der Waals surface area contributed by atoms with Crippen molar-refractivity contribution in [1.29, 1.82) is 0 Å². The highest BCUT2D eigenvalue weighted by atomic mass is 32.2. The summed E-state index contributed by atoms with van der Waals surface area (Å²) in [5, 5.41) is 9.82. The van der Waals surface area contributed by atoms with E-state index in [-0.39, 0.29) is 5.82 Å². The molecule has 4 heteroatoms. The number of aliphatic hydroxyl groups is 1. The van der Waals surface area contributed by atoms with Crippen LogP contribution in [-0.2, 0) is 0 Å². The highest BCUT2D eigenvalue weighted by Crippen LogP contribution is 2.23. The van der Waals surface area contributed by atoms with E-state index >= 15 is 0 Å². The van der Waals surface area contributed by atoms with Gasteiger partial charge in [-0.2, -0.15) is 0 Å². The Kier molecular flexibility index (Phi) is 4.07. The van der Waals surface area contributed by atoms with Gasteiger partial charge in [0.2, 0.25) is 0 Å². The van der Waals surface area contributed by atoms with Gasteiger partial charge in [-0.3, -0.25) is 4.90 Å². The zero-order valence-electron chi connectivity index (χ0n) is 10.0. The van der Waals surface area contributed by atoms with Crippen molar-refractivity contribution in [2.45, 2.75) is 23.8 Å².